The Hall–Kier alpha value is -0.940. The molecule has 0 spiro atoms. The predicted molar refractivity (Wildman–Crippen MR) is 63.1 cm³/mol. The first-order chi connectivity index (χ1) is 7.34. The average Bonchev–Trinajstić information content (AvgIpc) is 2.30. The van der Waals surface area contributed by atoms with E-state index < -0.39 is 0 Å². The van der Waals surface area contributed by atoms with E-state index in [1.807, 2.05) is 29.3 Å². The van der Waals surface area contributed by atoms with E-state index in [9.17, 15) is 0 Å². The molecule has 0 unspecified atom stereocenters. The van der Waals surface area contributed by atoms with Crippen molar-refractivity contribution in [3.8, 4) is 0 Å². The van der Waals surface area contributed by atoms with Crippen molar-refractivity contribution in [2.24, 2.45) is 10.3 Å². The molecule has 1 aliphatic rings. The van der Waals surface area contributed by atoms with E-state index in [0.717, 1.165) is 36.3 Å². The van der Waals surface area contributed by atoms with Gasteiger partial charge < -0.3 is 5.32 Å². The first-order valence-corrected chi connectivity index (χ1v) is 5.77. The monoisotopic (exact) mass is 268 g/mol. The number of rotatable bonds is 2. The van der Waals surface area contributed by atoms with Crippen LogP contribution >= 0.6 is 15.9 Å². The lowest BCUT2D eigenvalue weighted by atomic mass is 10.3. The Bertz CT molecular complexity index is 330. The molecular weight excluding hydrogens is 256 g/mol. The third kappa shape index (κ3) is 3.28. The van der Waals surface area contributed by atoms with Gasteiger partial charge in [-0.2, -0.15) is 0 Å². The summed E-state index contributed by atoms with van der Waals surface area (Å²) in [5.41, 5.74) is 0.886. The molecule has 0 amide bonds. The van der Waals surface area contributed by atoms with Crippen LogP contribution in [-0.4, -0.2) is 31.2 Å². The normalized spacial score (nSPS) is 17.3. The molecule has 0 aliphatic carbocycles. The zero-order valence-corrected chi connectivity index (χ0v) is 9.94. The Kier molecular flexibility index (Phi) is 3.69. The summed E-state index contributed by atoms with van der Waals surface area (Å²) >= 11 is 3.38. The summed E-state index contributed by atoms with van der Waals surface area (Å²) < 4.78 is 1.06. The minimum absolute atomic E-state index is 0.886. The maximum absolute atomic E-state index is 4.19. The number of nitrogens with one attached hydrogen (secondary N) is 1. The standard InChI is InChI=1S/C10H13BrN4/c11-9-1-3-10(4-2-9)13-14-15-7-5-12-6-8-15/h1-4,12H,5-8H2/b14-13+. The third-order valence-electron chi connectivity index (χ3n) is 2.21. The van der Waals surface area contributed by atoms with Gasteiger partial charge in [-0.1, -0.05) is 21.2 Å². The van der Waals surface area contributed by atoms with E-state index in [2.05, 4.69) is 31.6 Å². The second-order valence-corrected chi connectivity index (χ2v) is 4.29. The maximum atomic E-state index is 4.19. The van der Waals surface area contributed by atoms with Gasteiger partial charge in [-0.15, -0.1) is 5.11 Å². The number of hydrogen-bond acceptors (Lipinski definition) is 3. The second-order valence-electron chi connectivity index (χ2n) is 3.37. The summed E-state index contributed by atoms with van der Waals surface area (Å²) in [6, 6.07) is 7.81. The van der Waals surface area contributed by atoms with E-state index in [1.165, 1.54) is 0 Å². The van der Waals surface area contributed by atoms with E-state index in [1.54, 1.807) is 0 Å². The van der Waals surface area contributed by atoms with Gasteiger partial charge in [0.1, 0.15) is 0 Å². The maximum Gasteiger partial charge on any atom is 0.0875 e. The van der Waals surface area contributed by atoms with E-state index in [0.29, 0.717) is 0 Å². The van der Waals surface area contributed by atoms with Crippen LogP contribution in [0, 0.1) is 0 Å². The molecule has 5 heteroatoms. The zero-order valence-electron chi connectivity index (χ0n) is 8.36. The van der Waals surface area contributed by atoms with E-state index >= 15 is 0 Å². The smallest absolute Gasteiger partial charge is 0.0875 e. The molecule has 0 atom stereocenters. The molecule has 1 aromatic carbocycles. The lowest BCUT2D eigenvalue weighted by Crippen LogP contribution is -2.40. The van der Waals surface area contributed by atoms with Gasteiger partial charge >= 0.3 is 0 Å². The lowest BCUT2D eigenvalue weighted by Gasteiger charge is -2.22. The molecule has 0 radical (unpaired) electrons. The van der Waals surface area contributed by atoms with Crippen LogP contribution in [-0.2, 0) is 0 Å². The average molecular weight is 269 g/mol. The van der Waals surface area contributed by atoms with Crippen LogP contribution in [0.25, 0.3) is 0 Å². The van der Waals surface area contributed by atoms with Gasteiger partial charge in [-0.25, -0.2) is 0 Å². The molecule has 0 bridgehead atoms. The predicted octanol–water partition coefficient (Wildman–Crippen LogP) is 2.35. The van der Waals surface area contributed by atoms with Crippen molar-refractivity contribution in [2.75, 3.05) is 26.2 Å². The summed E-state index contributed by atoms with van der Waals surface area (Å²) in [7, 11) is 0. The summed E-state index contributed by atoms with van der Waals surface area (Å²) in [6.07, 6.45) is 0. The topological polar surface area (TPSA) is 40.0 Å². The van der Waals surface area contributed by atoms with Gasteiger partial charge in [0, 0.05) is 17.6 Å². The summed E-state index contributed by atoms with van der Waals surface area (Å²) in [4.78, 5) is 0. The quantitative estimate of drug-likeness (QED) is 0.837. The van der Waals surface area contributed by atoms with Crippen molar-refractivity contribution < 1.29 is 0 Å². The highest BCUT2D eigenvalue weighted by molar-refractivity contribution is 9.10. The molecule has 2 rings (SSSR count). The van der Waals surface area contributed by atoms with Crippen LogP contribution in [0.3, 0.4) is 0 Å². The number of hydrogen-bond donors (Lipinski definition) is 1. The van der Waals surface area contributed by atoms with Crippen molar-refractivity contribution in [3.63, 3.8) is 0 Å². The van der Waals surface area contributed by atoms with Gasteiger partial charge in [0.25, 0.3) is 0 Å². The SMILES string of the molecule is Brc1ccc(/N=N/N2CCNCC2)cc1. The van der Waals surface area contributed by atoms with Crippen LogP contribution in [0.5, 0.6) is 0 Å². The van der Waals surface area contributed by atoms with Crippen molar-refractivity contribution >= 4 is 21.6 Å². The number of piperazine rings is 1. The lowest BCUT2D eigenvalue weighted by molar-refractivity contribution is 0.237. The number of benzene rings is 1. The number of nitrogens with zero attached hydrogens (tertiary/aromatic N) is 3. The Morgan fingerprint density at radius 1 is 1.13 bits per heavy atom. The molecule has 80 valence electrons. The first kappa shape index (κ1) is 10.6. The third-order valence-corrected chi connectivity index (χ3v) is 2.74. The van der Waals surface area contributed by atoms with Gasteiger partial charge in [-0.05, 0) is 24.3 Å². The molecule has 15 heavy (non-hydrogen) atoms. The van der Waals surface area contributed by atoms with E-state index in [-0.39, 0.29) is 0 Å². The van der Waals surface area contributed by atoms with Gasteiger partial charge in [0.05, 0.1) is 18.8 Å². The highest BCUT2D eigenvalue weighted by Crippen LogP contribution is 2.17. The fourth-order valence-corrected chi connectivity index (χ4v) is 1.63. The largest absolute Gasteiger partial charge is 0.313 e. The fraction of sp³-hybridized carbons (Fsp3) is 0.400. The van der Waals surface area contributed by atoms with Gasteiger partial charge in [0.2, 0.25) is 0 Å². The fourth-order valence-electron chi connectivity index (χ4n) is 1.37. The van der Waals surface area contributed by atoms with Crippen molar-refractivity contribution in [1.29, 1.82) is 0 Å². The molecule has 0 aromatic heterocycles. The van der Waals surface area contributed by atoms with Crippen LogP contribution in [0.15, 0.2) is 39.1 Å². The Morgan fingerprint density at radius 2 is 1.80 bits per heavy atom. The molecule has 1 saturated heterocycles. The van der Waals surface area contributed by atoms with Crippen LogP contribution < -0.4 is 5.32 Å². The molecular formula is C10H13BrN4. The minimum Gasteiger partial charge on any atom is -0.313 e. The molecule has 1 N–H and O–H groups in total. The molecule has 1 fully saturated rings. The minimum atomic E-state index is 0.886. The Morgan fingerprint density at radius 3 is 2.47 bits per heavy atom. The zero-order chi connectivity index (χ0) is 10.5. The van der Waals surface area contributed by atoms with Crippen molar-refractivity contribution in [1.82, 2.24) is 10.3 Å². The molecule has 1 heterocycles. The number of halogens is 1. The second kappa shape index (κ2) is 5.23. The van der Waals surface area contributed by atoms with Crippen LogP contribution in [0.4, 0.5) is 5.69 Å². The highest BCUT2D eigenvalue weighted by Gasteiger charge is 2.05. The van der Waals surface area contributed by atoms with Crippen molar-refractivity contribution in [2.45, 2.75) is 0 Å². The Balaban J connectivity index is 1.95. The molecule has 4 nitrogen and oxygen atoms in total. The molecule has 1 aromatic rings. The first-order valence-electron chi connectivity index (χ1n) is 4.97. The van der Waals surface area contributed by atoms with Gasteiger partial charge in [-0.3, -0.25) is 5.01 Å². The molecule has 0 saturated carbocycles. The van der Waals surface area contributed by atoms with Crippen molar-refractivity contribution in [3.05, 3.63) is 28.7 Å². The summed E-state index contributed by atoms with van der Waals surface area (Å²) in [5.74, 6) is 0. The van der Waals surface area contributed by atoms with Crippen LogP contribution in [0.1, 0.15) is 0 Å². The summed E-state index contributed by atoms with van der Waals surface area (Å²) in [5, 5.41) is 13.6. The highest BCUT2D eigenvalue weighted by atomic mass is 79.9. The summed E-state index contributed by atoms with van der Waals surface area (Å²) in [6.45, 7) is 3.83. The van der Waals surface area contributed by atoms with E-state index in [4.69, 9.17) is 0 Å². The molecule has 1 aliphatic heterocycles. The Labute approximate surface area is 97.5 Å². The van der Waals surface area contributed by atoms with Gasteiger partial charge in [0.15, 0.2) is 0 Å². The van der Waals surface area contributed by atoms with Crippen LogP contribution in [0.2, 0.25) is 0 Å².